The van der Waals surface area contributed by atoms with Crippen LogP contribution in [0.3, 0.4) is 0 Å². The van der Waals surface area contributed by atoms with Crippen molar-refractivity contribution >= 4 is 0 Å². The Bertz CT molecular complexity index is 206. The van der Waals surface area contributed by atoms with E-state index in [1.54, 1.807) is 0 Å². The average Bonchev–Trinajstić information content (AvgIpc) is 2.25. The summed E-state index contributed by atoms with van der Waals surface area (Å²) in [6.07, 6.45) is 0. The Morgan fingerprint density at radius 3 is 2.19 bits per heavy atom. The second-order valence-electron chi connectivity index (χ2n) is 5.53. The van der Waals surface area contributed by atoms with Crippen molar-refractivity contribution in [2.75, 3.05) is 40.3 Å². The normalized spacial score (nSPS) is 32.6. The minimum atomic E-state index is -0.185. The fourth-order valence-corrected chi connectivity index (χ4v) is 2.34. The lowest BCUT2D eigenvalue weighted by Gasteiger charge is -2.45. The fourth-order valence-electron chi connectivity index (χ4n) is 2.34. The molecule has 96 valence electrons. The summed E-state index contributed by atoms with van der Waals surface area (Å²) in [5.74, 6) is 0. The van der Waals surface area contributed by atoms with Gasteiger partial charge in [0.2, 0.25) is 0 Å². The first-order valence-corrected chi connectivity index (χ1v) is 6.16. The van der Waals surface area contributed by atoms with E-state index in [0.29, 0.717) is 12.1 Å². The van der Waals surface area contributed by atoms with E-state index in [2.05, 4.69) is 42.9 Å². The van der Waals surface area contributed by atoms with Gasteiger partial charge in [-0.15, -0.1) is 0 Å². The summed E-state index contributed by atoms with van der Waals surface area (Å²) in [4.78, 5) is 4.87. The van der Waals surface area contributed by atoms with Crippen molar-refractivity contribution in [2.24, 2.45) is 0 Å². The molecule has 2 N–H and O–H groups in total. The van der Waals surface area contributed by atoms with Gasteiger partial charge >= 0.3 is 0 Å². The van der Waals surface area contributed by atoms with Gasteiger partial charge in [0.1, 0.15) is 0 Å². The maximum Gasteiger partial charge on any atom is 0.0623 e. The lowest BCUT2D eigenvalue weighted by Crippen LogP contribution is -2.60. The molecular weight excluding hydrogens is 202 g/mol. The molecule has 1 fully saturated rings. The molecule has 16 heavy (non-hydrogen) atoms. The molecule has 0 radical (unpaired) electrons. The predicted molar refractivity (Wildman–Crippen MR) is 67.7 cm³/mol. The molecule has 1 rings (SSSR count). The Balaban J connectivity index is 2.56. The quantitative estimate of drug-likeness (QED) is 0.711. The molecule has 3 unspecified atom stereocenters. The Kier molecular flexibility index (Phi) is 4.73. The number of hydrogen-bond donors (Lipinski definition) is 2. The summed E-state index contributed by atoms with van der Waals surface area (Å²) in [6.45, 7) is 9.84. The molecule has 0 aromatic carbocycles. The molecule has 0 aromatic heterocycles. The summed E-state index contributed by atoms with van der Waals surface area (Å²) < 4.78 is 0. The Morgan fingerprint density at radius 2 is 1.81 bits per heavy atom. The summed E-state index contributed by atoms with van der Waals surface area (Å²) in [6, 6.07) is 1.17. The zero-order chi connectivity index (χ0) is 12.3. The van der Waals surface area contributed by atoms with Crippen molar-refractivity contribution < 1.29 is 5.11 Å². The fraction of sp³-hybridized carbons (Fsp3) is 1.00. The molecular formula is C12H27N3O. The van der Waals surface area contributed by atoms with Gasteiger partial charge in [0.25, 0.3) is 0 Å². The van der Waals surface area contributed by atoms with E-state index in [1.807, 2.05) is 7.05 Å². The first-order chi connectivity index (χ1) is 7.41. The van der Waals surface area contributed by atoms with E-state index >= 15 is 0 Å². The molecule has 0 amide bonds. The van der Waals surface area contributed by atoms with Crippen LogP contribution in [0.25, 0.3) is 0 Å². The minimum Gasteiger partial charge on any atom is -0.394 e. The lowest BCUT2D eigenvalue weighted by atomic mass is 10.0. The Morgan fingerprint density at radius 1 is 1.31 bits per heavy atom. The summed E-state index contributed by atoms with van der Waals surface area (Å²) in [5.41, 5.74) is -0.185. The van der Waals surface area contributed by atoms with Gasteiger partial charge in [-0.1, -0.05) is 0 Å². The Hall–Kier alpha value is -0.160. The monoisotopic (exact) mass is 229 g/mol. The van der Waals surface area contributed by atoms with Crippen LogP contribution in [0.15, 0.2) is 0 Å². The van der Waals surface area contributed by atoms with Crippen LogP contribution in [0.5, 0.6) is 0 Å². The zero-order valence-electron chi connectivity index (χ0n) is 11.3. The maximum absolute atomic E-state index is 9.40. The third-order valence-corrected chi connectivity index (χ3v) is 3.96. The first-order valence-electron chi connectivity index (χ1n) is 6.16. The molecule has 1 heterocycles. The van der Waals surface area contributed by atoms with Crippen LogP contribution in [0.4, 0.5) is 0 Å². The van der Waals surface area contributed by atoms with Crippen molar-refractivity contribution in [1.29, 1.82) is 0 Å². The third kappa shape index (κ3) is 3.17. The number of aliphatic hydroxyl groups is 1. The van der Waals surface area contributed by atoms with Gasteiger partial charge in [-0.2, -0.15) is 0 Å². The SMILES string of the molecule is CNC(C)(CO)CN1CC(C)N(C)C(C)C1. The van der Waals surface area contributed by atoms with E-state index in [0.717, 1.165) is 19.6 Å². The summed E-state index contributed by atoms with van der Waals surface area (Å²) in [7, 11) is 4.11. The number of nitrogens with zero attached hydrogens (tertiary/aromatic N) is 2. The molecule has 0 saturated carbocycles. The van der Waals surface area contributed by atoms with Gasteiger partial charge < -0.3 is 10.4 Å². The standard InChI is InChI=1S/C12H27N3O/c1-10-6-15(7-11(2)14(10)5)8-12(3,9-16)13-4/h10-11,13,16H,6-9H2,1-5H3. The second-order valence-corrected chi connectivity index (χ2v) is 5.53. The van der Waals surface area contributed by atoms with Gasteiger partial charge in [0, 0.05) is 31.7 Å². The first kappa shape index (κ1) is 13.9. The highest BCUT2D eigenvalue weighted by molar-refractivity contribution is 4.90. The van der Waals surface area contributed by atoms with Crippen LogP contribution in [0.2, 0.25) is 0 Å². The van der Waals surface area contributed by atoms with E-state index in [1.165, 1.54) is 0 Å². The molecule has 0 spiro atoms. The number of nitrogens with one attached hydrogen (secondary N) is 1. The van der Waals surface area contributed by atoms with Crippen molar-refractivity contribution in [3.8, 4) is 0 Å². The molecule has 3 atom stereocenters. The van der Waals surface area contributed by atoms with Crippen LogP contribution < -0.4 is 5.32 Å². The van der Waals surface area contributed by atoms with Crippen LogP contribution in [0.1, 0.15) is 20.8 Å². The molecule has 1 aliphatic heterocycles. The summed E-state index contributed by atoms with van der Waals surface area (Å²) >= 11 is 0. The van der Waals surface area contributed by atoms with E-state index in [9.17, 15) is 5.11 Å². The number of aliphatic hydroxyl groups excluding tert-OH is 1. The predicted octanol–water partition coefficient (Wildman–Crippen LogP) is -0.0188. The van der Waals surface area contributed by atoms with Crippen LogP contribution >= 0.6 is 0 Å². The van der Waals surface area contributed by atoms with Crippen molar-refractivity contribution in [1.82, 2.24) is 15.1 Å². The van der Waals surface area contributed by atoms with E-state index < -0.39 is 0 Å². The van der Waals surface area contributed by atoms with Gasteiger partial charge in [0.05, 0.1) is 12.1 Å². The van der Waals surface area contributed by atoms with Crippen molar-refractivity contribution in [3.05, 3.63) is 0 Å². The van der Waals surface area contributed by atoms with Gasteiger partial charge in [-0.05, 0) is 34.9 Å². The molecule has 1 saturated heterocycles. The second kappa shape index (κ2) is 5.45. The molecule has 4 heteroatoms. The van der Waals surface area contributed by atoms with E-state index in [-0.39, 0.29) is 12.1 Å². The maximum atomic E-state index is 9.40. The molecule has 0 aromatic rings. The molecule has 0 aliphatic carbocycles. The lowest BCUT2D eigenvalue weighted by molar-refractivity contribution is 0.0338. The average molecular weight is 229 g/mol. The van der Waals surface area contributed by atoms with Gasteiger partial charge in [0.15, 0.2) is 0 Å². The minimum absolute atomic E-state index is 0.179. The van der Waals surface area contributed by atoms with Crippen molar-refractivity contribution in [2.45, 2.75) is 38.4 Å². The number of rotatable bonds is 4. The van der Waals surface area contributed by atoms with Crippen molar-refractivity contribution in [3.63, 3.8) is 0 Å². The molecule has 4 nitrogen and oxygen atoms in total. The van der Waals surface area contributed by atoms with E-state index in [4.69, 9.17) is 0 Å². The largest absolute Gasteiger partial charge is 0.394 e. The Labute approximate surface area is 99.6 Å². The van der Waals surface area contributed by atoms with Gasteiger partial charge in [-0.3, -0.25) is 9.80 Å². The third-order valence-electron chi connectivity index (χ3n) is 3.96. The highest BCUT2D eigenvalue weighted by Crippen LogP contribution is 2.15. The highest BCUT2D eigenvalue weighted by Gasteiger charge is 2.31. The molecule has 1 aliphatic rings. The van der Waals surface area contributed by atoms with Crippen LogP contribution in [0, 0.1) is 0 Å². The zero-order valence-corrected chi connectivity index (χ0v) is 11.3. The number of piperazine rings is 1. The van der Waals surface area contributed by atoms with Crippen LogP contribution in [-0.4, -0.2) is 72.9 Å². The highest BCUT2D eigenvalue weighted by atomic mass is 16.3. The molecule has 0 bridgehead atoms. The van der Waals surface area contributed by atoms with Crippen LogP contribution in [-0.2, 0) is 0 Å². The smallest absolute Gasteiger partial charge is 0.0623 e. The number of hydrogen-bond acceptors (Lipinski definition) is 4. The number of likely N-dealkylation sites (N-methyl/N-ethyl adjacent to an activating group) is 2. The summed E-state index contributed by atoms with van der Waals surface area (Å²) in [5, 5.41) is 12.6. The topological polar surface area (TPSA) is 38.7 Å². The van der Waals surface area contributed by atoms with Gasteiger partial charge in [-0.25, -0.2) is 0 Å².